The molecule has 0 aromatic carbocycles. The third-order valence-electron chi connectivity index (χ3n) is 5.31. The summed E-state index contributed by atoms with van der Waals surface area (Å²) in [6.45, 7) is 4.54. The van der Waals surface area contributed by atoms with Crippen molar-refractivity contribution in [3.63, 3.8) is 0 Å². The van der Waals surface area contributed by atoms with Gasteiger partial charge in [0.15, 0.2) is 5.41 Å². The fraction of sp³-hybridized carbons (Fsp3) is 0.474. The Bertz CT molecular complexity index is 803. The molecule has 3 rings (SSSR count). The molecule has 126 valence electrons. The quantitative estimate of drug-likeness (QED) is 0.846. The van der Waals surface area contributed by atoms with E-state index < -0.39 is 17.3 Å². The summed E-state index contributed by atoms with van der Waals surface area (Å²) in [7, 11) is 0. The van der Waals surface area contributed by atoms with Crippen LogP contribution < -0.4 is 0 Å². The lowest BCUT2D eigenvalue weighted by Crippen LogP contribution is -2.52. The van der Waals surface area contributed by atoms with Crippen LogP contribution in [0, 0.1) is 56.7 Å². The molecule has 0 spiro atoms. The Morgan fingerprint density at radius 3 is 2.68 bits per heavy atom. The molecule has 0 saturated heterocycles. The van der Waals surface area contributed by atoms with Crippen LogP contribution in [0.5, 0.6) is 0 Å². The third-order valence-corrected chi connectivity index (χ3v) is 6.01. The van der Waals surface area contributed by atoms with Crippen LogP contribution in [-0.4, -0.2) is 30.2 Å². The number of nitrogens with zero attached hydrogens (tertiary/aromatic N) is 4. The van der Waals surface area contributed by atoms with Gasteiger partial charge in [-0.25, -0.2) is 0 Å². The molecule has 0 radical (unpaired) electrons. The van der Waals surface area contributed by atoms with Gasteiger partial charge in [-0.15, -0.1) is 0 Å². The molecule has 1 aliphatic carbocycles. The predicted molar refractivity (Wildman–Crippen MR) is 95.9 cm³/mol. The molecule has 5 nitrogen and oxygen atoms in total. The number of rotatable bonds is 3. The summed E-state index contributed by atoms with van der Waals surface area (Å²) in [6.07, 6.45) is 3.07. The molecule has 1 aliphatic heterocycles. The standard InChI is InChI=1S/C19H19N5S/c1-2-5-24-6-3-14-15(8-20)18(23)19(11-21,12-22)17(16(14)9-24)13-4-7-25-10-13/h3-4,7,10,15-17,23H,2,5-6,9H2,1H3/t15?,16-,17-/m0/s1. The van der Waals surface area contributed by atoms with Crippen molar-refractivity contribution in [3.05, 3.63) is 34.0 Å². The molecule has 3 atom stereocenters. The Morgan fingerprint density at radius 1 is 1.36 bits per heavy atom. The number of thiophene rings is 1. The van der Waals surface area contributed by atoms with Gasteiger partial charge in [-0.2, -0.15) is 27.1 Å². The van der Waals surface area contributed by atoms with E-state index in [4.69, 9.17) is 5.41 Å². The zero-order valence-electron chi connectivity index (χ0n) is 14.1. The van der Waals surface area contributed by atoms with Gasteiger partial charge in [0, 0.05) is 24.9 Å². The van der Waals surface area contributed by atoms with Crippen LogP contribution >= 0.6 is 11.3 Å². The normalized spacial score (nSPS) is 28.2. The monoisotopic (exact) mass is 349 g/mol. The SMILES string of the molecule is CCCN1CC=C2C(C#N)C(=N)C(C#N)(C#N)[C@@H](c3ccsc3)[C@H]2C1. The van der Waals surface area contributed by atoms with Crippen molar-refractivity contribution in [2.24, 2.45) is 17.3 Å². The second-order valence-corrected chi connectivity index (χ2v) is 7.39. The zero-order valence-corrected chi connectivity index (χ0v) is 14.9. The summed E-state index contributed by atoms with van der Waals surface area (Å²) in [5.74, 6) is -1.27. The fourth-order valence-corrected chi connectivity index (χ4v) is 4.89. The maximum atomic E-state index is 9.90. The molecule has 1 aromatic heterocycles. The van der Waals surface area contributed by atoms with E-state index in [1.165, 1.54) is 11.3 Å². The Morgan fingerprint density at radius 2 is 2.12 bits per heavy atom. The first-order chi connectivity index (χ1) is 12.1. The second kappa shape index (κ2) is 6.81. The van der Waals surface area contributed by atoms with Crippen LogP contribution in [0.1, 0.15) is 24.8 Å². The highest BCUT2D eigenvalue weighted by Gasteiger charge is 2.57. The second-order valence-electron chi connectivity index (χ2n) is 6.61. The van der Waals surface area contributed by atoms with Crippen molar-refractivity contribution in [1.29, 1.82) is 21.2 Å². The van der Waals surface area contributed by atoms with E-state index in [0.717, 1.165) is 37.2 Å². The molecule has 1 fully saturated rings. The largest absolute Gasteiger partial charge is 0.305 e. The summed E-state index contributed by atoms with van der Waals surface area (Å²) in [4.78, 5) is 2.30. The molecule has 2 aliphatic rings. The van der Waals surface area contributed by atoms with Crippen molar-refractivity contribution >= 4 is 17.0 Å². The van der Waals surface area contributed by atoms with Crippen molar-refractivity contribution in [3.8, 4) is 18.2 Å². The van der Waals surface area contributed by atoms with Gasteiger partial charge in [-0.3, -0.25) is 4.90 Å². The number of nitrogens with one attached hydrogen (secondary N) is 1. The Hall–Kier alpha value is -2.46. The molecule has 1 unspecified atom stereocenters. The summed E-state index contributed by atoms with van der Waals surface area (Å²) in [6, 6.07) is 8.36. The minimum Gasteiger partial charge on any atom is -0.305 e. The Kier molecular flexibility index (Phi) is 4.73. The average Bonchev–Trinajstić information content (AvgIpc) is 3.15. The predicted octanol–water partition coefficient (Wildman–Crippen LogP) is 3.31. The molecular weight excluding hydrogens is 330 g/mol. The van der Waals surface area contributed by atoms with Crippen molar-refractivity contribution in [2.45, 2.75) is 19.3 Å². The van der Waals surface area contributed by atoms with Crippen LogP contribution in [0.2, 0.25) is 0 Å². The fourth-order valence-electron chi connectivity index (χ4n) is 4.19. The van der Waals surface area contributed by atoms with Crippen LogP contribution in [-0.2, 0) is 0 Å². The van der Waals surface area contributed by atoms with Crippen LogP contribution in [0.4, 0.5) is 0 Å². The molecule has 2 heterocycles. The van der Waals surface area contributed by atoms with E-state index in [0.29, 0.717) is 0 Å². The molecule has 6 heteroatoms. The number of fused-ring (bicyclic) bond motifs is 1. The first-order valence-electron chi connectivity index (χ1n) is 8.38. The molecule has 25 heavy (non-hydrogen) atoms. The number of hydrogen-bond acceptors (Lipinski definition) is 6. The zero-order chi connectivity index (χ0) is 18.0. The molecular formula is C19H19N5S. The summed E-state index contributed by atoms with van der Waals surface area (Å²) >= 11 is 1.53. The highest BCUT2D eigenvalue weighted by Crippen LogP contribution is 2.53. The van der Waals surface area contributed by atoms with Gasteiger partial charge in [0.1, 0.15) is 5.92 Å². The maximum Gasteiger partial charge on any atom is 0.189 e. The minimum absolute atomic E-state index is 0.0670. The van der Waals surface area contributed by atoms with Crippen molar-refractivity contribution in [1.82, 2.24) is 4.90 Å². The van der Waals surface area contributed by atoms with Crippen molar-refractivity contribution in [2.75, 3.05) is 19.6 Å². The lowest BCUT2D eigenvalue weighted by atomic mass is 9.54. The van der Waals surface area contributed by atoms with E-state index in [9.17, 15) is 15.8 Å². The smallest absolute Gasteiger partial charge is 0.189 e. The van der Waals surface area contributed by atoms with E-state index >= 15 is 0 Å². The van der Waals surface area contributed by atoms with Crippen LogP contribution in [0.3, 0.4) is 0 Å². The molecule has 1 saturated carbocycles. The number of nitriles is 3. The van der Waals surface area contributed by atoms with Crippen LogP contribution in [0.15, 0.2) is 28.5 Å². The number of hydrogen-bond donors (Lipinski definition) is 1. The van der Waals surface area contributed by atoms with Gasteiger partial charge < -0.3 is 5.41 Å². The summed E-state index contributed by atoms with van der Waals surface area (Å²) in [5.41, 5.74) is 0.182. The first-order valence-corrected chi connectivity index (χ1v) is 9.32. The Balaban J connectivity index is 2.18. The maximum absolute atomic E-state index is 9.90. The summed E-state index contributed by atoms with van der Waals surface area (Å²) < 4.78 is 0. The average molecular weight is 349 g/mol. The molecule has 0 amide bonds. The lowest BCUT2D eigenvalue weighted by Gasteiger charge is -2.47. The summed E-state index contributed by atoms with van der Waals surface area (Å²) in [5, 5.41) is 41.9. The van der Waals surface area contributed by atoms with E-state index in [1.54, 1.807) is 0 Å². The topological polar surface area (TPSA) is 98.5 Å². The molecule has 1 aromatic rings. The lowest BCUT2D eigenvalue weighted by molar-refractivity contribution is 0.204. The van der Waals surface area contributed by atoms with E-state index in [2.05, 4.69) is 30.0 Å². The molecule has 0 bridgehead atoms. The minimum atomic E-state index is -1.58. The van der Waals surface area contributed by atoms with E-state index in [1.807, 2.05) is 22.9 Å². The molecule has 1 N–H and O–H groups in total. The first kappa shape index (κ1) is 17.4. The van der Waals surface area contributed by atoms with Gasteiger partial charge in [-0.05, 0) is 40.9 Å². The van der Waals surface area contributed by atoms with Crippen LogP contribution in [0.25, 0.3) is 0 Å². The van der Waals surface area contributed by atoms with E-state index in [-0.39, 0.29) is 11.6 Å². The van der Waals surface area contributed by atoms with Gasteiger partial charge in [0.25, 0.3) is 0 Å². The van der Waals surface area contributed by atoms with Gasteiger partial charge in [0.05, 0.1) is 23.9 Å². The third kappa shape index (κ3) is 2.57. The highest BCUT2D eigenvalue weighted by atomic mass is 32.1. The highest BCUT2D eigenvalue weighted by molar-refractivity contribution is 7.08. The van der Waals surface area contributed by atoms with Gasteiger partial charge >= 0.3 is 0 Å². The Labute approximate surface area is 151 Å². The van der Waals surface area contributed by atoms with Gasteiger partial charge in [0.2, 0.25) is 0 Å². The van der Waals surface area contributed by atoms with Crippen molar-refractivity contribution < 1.29 is 0 Å². The van der Waals surface area contributed by atoms with Gasteiger partial charge in [-0.1, -0.05) is 13.0 Å².